The Balaban J connectivity index is 1.39. The summed E-state index contributed by atoms with van der Waals surface area (Å²) in [6.45, 7) is 0.0333. The molecule has 2 amide bonds. The number of benzene rings is 2. The van der Waals surface area contributed by atoms with Crippen molar-refractivity contribution >= 4 is 17.6 Å². The molecule has 1 saturated carbocycles. The molecule has 9 heteroatoms. The molecule has 2 aromatic heterocycles. The number of anilines is 1. The van der Waals surface area contributed by atoms with Crippen LogP contribution in [0.4, 0.5) is 14.9 Å². The fourth-order valence-electron chi connectivity index (χ4n) is 4.81. The number of aryl methyl sites for hydroxylation is 1. The minimum atomic E-state index is -0.456. The fourth-order valence-corrected chi connectivity index (χ4v) is 4.81. The summed E-state index contributed by atoms with van der Waals surface area (Å²) in [5.41, 5.74) is 2.96. The van der Waals surface area contributed by atoms with Gasteiger partial charge in [-0.1, -0.05) is 31.0 Å². The molecule has 0 spiro atoms. The zero-order valence-corrected chi connectivity index (χ0v) is 20.4. The SMILES string of the molecule is Cn1cccc1C(=O)Nc1ccc(-c2cc(C3CCCC3)n(C(=O)NCc3ccccc3F)n2)c(O)c1. The highest BCUT2D eigenvalue weighted by Gasteiger charge is 2.26. The van der Waals surface area contributed by atoms with E-state index in [1.165, 1.54) is 16.8 Å². The Labute approximate surface area is 213 Å². The molecular formula is C28H28FN5O3. The number of carbonyl (C=O) groups is 2. The van der Waals surface area contributed by atoms with Gasteiger partial charge in [-0.05, 0) is 49.2 Å². The first-order chi connectivity index (χ1) is 17.9. The Morgan fingerprint density at radius 2 is 1.86 bits per heavy atom. The van der Waals surface area contributed by atoms with Crippen molar-refractivity contribution in [2.45, 2.75) is 38.1 Å². The second kappa shape index (κ2) is 10.3. The smallest absolute Gasteiger partial charge is 0.342 e. The Kier molecular flexibility index (Phi) is 6.76. The number of phenolic OH excluding ortho intramolecular Hbond substituents is 1. The molecular weight excluding hydrogens is 473 g/mol. The van der Waals surface area contributed by atoms with Crippen molar-refractivity contribution in [3.05, 3.63) is 89.6 Å². The van der Waals surface area contributed by atoms with Gasteiger partial charge in [-0.3, -0.25) is 4.79 Å². The Morgan fingerprint density at radius 1 is 1.08 bits per heavy atom. The van der Waals surface area contributed by atoms with Gasteiger partial charge in [0.25, 0.3) is 5.91 Å². The summed E-state index contributed by atoms with van der Waals surface area (Å²) in [4.78, 5) is 25.6. The normalized spacial score (nSPS) is 13.6. The molecule has 1 aliphatic rings. The van der Waals surface area contributed by atoms with Crippen LogP contribution in [0.5, 0.6) is 5.75 Å². The number of nitrogens with zero attached hydrogens (tertiary/aromatic N) is 3. The van der Waals surface area contributed by atoms with Crippen LogP contribution in [0.3, 0.4) is 0 Å². The van der Waals surface area contributed by atoms with Crippen molar-refractivity contribution in [2.24, 2.45) is 7.05 Å². The van der Waals surface area contributed by atoms with Gasteiger partial charge in [0, 0.05) is 48.6 Å². The van der Waals surface area contributed by atoms with E-state index in [4.69, 9.17) is 0 Å². The van der Waals surface area contributed by atoms with Crippen LogP contribution in [0.25, 0.3) is 11.3 Å². The maximum absolute atomic E-state index is 14.0. The number of hydrogen-bond acceptors (Lipinski definition) is 4. The van der Waals surface area contributed by atoms with Crippen molar-refractivity contribution in [3.8, 4) is 17.0 Å². The molecule has 2 aromatic carbocycles. The fraction of sp³-hybridized carbons (Fsp3) is 0.250. The van der Waals surface area contributed by atoms with Crippen molar-refractivity contribution in [3.63, 3.8) is 0 Å². The van der Waals surface area contributed by atoms with E-state index in [0.29, 0.717) is 28.2 Å². The number of rotatable bonds is 6. The van der Waals surface area contributed by atoms with Gasteiger partial charge in [0.2, 0.25) is 0 Å². The highest BCUT2D eigenvalue weighted by atomic mass is 19.1. The van der Waals surface area contributed by atoms with Gasteiger partial charge in [-0.2, -0.15) is 9.78 Å². The number of nitrogens with one attached hydrogen (secondary N) is 2. The van der Waals surface area contributed by atoms with E-state index in [-0.39, 0.29) is 29.9 Å². The number of amides is 2. The monoisotopic (exact) mass is 501 g/mol. The molecule has 1 aliphatic carbocycles. The van der Waals surface area contributed by atoms with Crippen molar-refractivity contribution < 1.29 is 19.1 Å². The quantitative estimate of drug-likeness (QED) is 0.329. The van der Waals surface area contributed by atoms with E-state index in [1.54, 1.807) is 60.3 Å². The number of halogens is 1. The van der Waals surface area contributed by atoms with Gasteiger partial charge >= 0.3 is 6.03 Å². The number of aromatic nitrogens is 3. The van der Waals surface area contributed by atoms with Gasteiger partial charge in [-0.15, -0.1) is 0 Å². The standard InChI is InChI=1S/C28H28FN5O3/c1-33-14-6-11-24(33)27(36)31-20-12-13-21(26(35)15-20)23-16-25(18-7-2-3-8-18)34(32-23)28(37)30-17-19-9-4-5-10-22(19)29/h4-6,9-16,18,35H,2-3,7-8,17H2,1H3,(H,30,37)(H,31,36). The average molecular weight is 502 g/mol. The maximum Gasteiger partial charge on any atom is 0.342 e. The summed E-state index contributed by atoms with van der Waals surface area (Å²) in [6, 6.07) is 16.0. The van der Waals surface area contributed by atoms with Gasteiger partial charge in [0.1, 0.15) is 17.3 Å². The second-order valence-corrected chi connectivity index (χ2v) is 9.29. The van der Waals surface area contributed by atoms with Crippen LogP contribution in [0, 0.1) is 5.82 Å². The topological polar surface area (TPSA) is 101 Å². The first-order valence-electron chi connectivity index (χ1n) is 12.3. The van der Waals surface area contributed by atoms with E-state index in [1.807, 2.05) is 6.07 Å². The molecule has 3 N–H and O–H groups in total. The summed E-state index contributed by atoms with van der Waals surface area (Å²) < 4.78 is 17.1. The molecule has 0 atom stereocenters. The molecule has 0 saturated heterocycles. The first-order valence-corrected chi connectivity index (χ1v) is 12.3. The van der Waals surface area contributed by atoms with E-state index < -0.39 is 6.03 Å². The van der Waals surface area contributed by atoms with Crippen LogP contribution in [-0.2, 0) is 13.6 Å². The molecule has 5 rings (SSSR count). The maximum atomic E-state index is 14.0. The third kappa shape index (κ3) is 5.11. The molecule has 0 unspecified atom stereocenters. The Morgan fingerprint density at radius 3 is 2.57 bits per heavy atom. The highest BCUT2D eigenvalue weighted by Crippen LogP contribution is 2.38. The third-order valence-electron chi connectivity index (χ3n) is 6.80. The van der Waals surface area contributed by atoms with Crippen molar-refractivity contribution in [2.75, 3.05) is 5.32 Å². The van der Waals surface area contributed by atoms with E-state index in [2.05, 4.69) is 15.7 Å². The molecule has 4 aromatic rings. The van der Waals surface area contributed by atoms with Crippen LogP contribution >= 0.6 is 0 Å². The number of aromatic hydroxyl groups is 1. The van der Waals surface area contributed by atoms with Crippen molar-refractivity contribution in [1.29, 1.82) is 0 Å². The third-order valence-corrected chi connectivity index (χ3v) is 6.80. The summed E-state index contributed by atoms with van der Waals surface area (Å²) in [7, 11) is 1.78. The first kappa shape index (κ1) is 24.3. The summed E-state index contributed by atoms with van der Waals surface area (Å²) in [6.07, 6.45) is 5.82. The molecule has 0 bridgehead atoms. The lowest BCUT2D eigenvalue weighted by Crippen LogP contribution is -2.31. The minimum Gasteiger partial charge on any atom is -0.507 e. The van der Waals surface area contributed by atoms with Gasteiger partial charge in [0.15, 0.2) is 0 Å². The predicted octanol–water partition coefficient (Wildman–Crippen LogP) is 5.40. The molecule has 0 radical (unpaired) electrons. The number of phenols is 1. The van der Waals surface area contributed by atoms with Gasteiger partial charge < -0.3 is 20.3 Å². The molecule has 1 fully saturated rings. The zero-order chi connectivity index (χ0) is 25.9. The summed E-state index contributed by atoms with van der Waals surface area (Å²) >= 11 is 0. The predicted molar refractivity (Wildman–Crippen MR) is 138 cm³/mol. The Hall–Kier alpha value is -4.40. The van der Waals surface area contributed by atoms with Crippen molar-refractivity contribution in [1.82, 2.24) is 19.7 Å². The van der Waals surface area contributed by atoms with E-state index >= 15 is 0 Å². The number of carbonyl (C=O) groups excluding carboxylic acids is 2. The van der Waals surface area contributed by atoms with Crippen LogP contribution < -0.4 is 10.6 Å². The summed E-state index contributed by atoms with van der Waals surface area (Å²) in [5, 5.41) is 20.8. The van der Waals surface area contributed by atoms with Crippen LogP contribution in [0.2, 0.25) is 0 Å². The lowest BCUT2D eigenvalue weighted by molar-refractivity contribution is 0.101. The van der Waals surface area contributed by atoms with Crippen LogP contribution in [0.1, 0.15) is 53.3 Å². The average Bonchev–Trinajstić information content (AvgIpc) is 3.64. The highest BCUT2D eigenvalue weighted by molar-refractivity contribution is 6.03. The van der Waals surface area contributed by atoms with E-state index in [9.17, 15) is 19.1 Å². The molecule has 37 heavy (non-hydrogen) atoms. The van der Waals surface area contributed by atoms with Gasteiger partial charge in [0.05, 0.1) is 11.4 Å². The van der Waals surface area contributed by atoms with Gasteiger partial charge in [-0.25, -0.2) is 9.18 Å². The lowest BCUT2D eigenvalue weighted by atomic mass is 10.0. The lowest BCUT2D eigenvalue weighted by Gasteiger charge is -2.12. The van der Waals surface area contributed by atoms with Crippen LogP contribution in [0.15, 0.2) is 66.9 Å². The number of hydrogen-bond donors (Lipinski definition) is 3. The minimum absolute atomic E-state index is 0.0333. The molecule has 0 aliphatic heterocycles. The molecule has 190 valence electrons. The molecule has 8 nitrogen and oxygen atoms in total. The molecule has 2 heterocycles. The largest absolute Gasteiger partial charge is 0.507 e. The Bertz CT molecular complexity index is 1450. The van der Waals surface area contributed by atoms with Crippen LogP contribution in [-0.4, -0.2) is 31.4 Å². The summed E-state index contributed by atoms with van der Waals surface area (Å²) in [5.74, 6) is -0.575. The zero-order valence-electron chi connectivity index (χ0n) is 20.4. The second-order valence-electron chi connectivity index (χ2n) is 9.29. The van der Waals surface area contributed by atoms with E-state index in [0.717, 1.165) is 31.4 Å².